The second-order valence-corrected chi connectivity index (χ2v) is 5.51. The van der Waals surface area contributed by atoms with E-state index >= 15 is 0 Å². The third-order valence-corrected chi connectivity index (χ3v) is 3.80. The largest absolute Gasteiger partial charge is 0.495 e. The van der Waals surface area contributed by atoms with Crippen molar-refractivity contribution >= 4 is 39.5 Å². The second-order valence-electron chi connectivity index (χ2n) is 4.45. The lowest BCUT2D eigenvalue weighted by Gasteiger charge is -2.11. The number of hydrogen-bond donors (Lipinski definition) is 2. The van der Waals surface area contributed by atoms with Gasteiger partial charge in [-0.05, 0) is 24.3 Å². The van der Waals surface area contributed by atoms with E-state index in [2.05, 4.69) is 10.6 Å². The molecule has 0 unspecified atom stereocenters. The minimum atomic E-state index is -0.556. The van der Waals surface area contributed by atoms with Crippen LogP contribution in [0.15, 0.2) is 30.3 Å². The van der Waals surface area contributed by atoms with Crippen LogP contribution in [-0.4, -0.2) is 23.8 Å². The molecule has 2 aromatic rings. The van der Waals surface area contributed by atoms with Crippen LogP contribution in [0.25, 0.3) is 0 Å². The third-order valence-electron chi connectivity index (χ3n) is 2.76. The molecule has 2 amide bonds. The van der Waals surface area contributed by atoms with Crippen LogP contribution in [0.5, 0.6) is 5.75 Å². The van der Waals surface area contributed by atoms with Gasteiger partial charge >= 0.3 is 5.00 Å². The summed E-state index contributed by atoms with van der Waals surface area (Å²) in [6, 6.07) is 7.41. The molecule has 0 fully saturated rings. The highest BCUT2D eigenvalue weighted by molar-refractivity contribution is 7.17. The van der Waals surface area contributed by atoms with E-state index < -0.39 is 10.8 Å². The number of amides is 2. The highest BCUT2D eigenvalue weighted by atomic mass is 32.1. The number of anilines is 2. The summed E-state index contributed by atoms with van der Waals surface area (Å²) in [7, 11) is 1.44. The van der Waals surface area contributed by atoms with Gasteiger partial charge in [0.1, 0.15) is 5.75 Å². The van der Waals surface area contributed by atoms with Crippen LogP contribution in [0.4, 0.5) is 16.4 Å². The van der Waals surface area contributed by atoms with E-state index in [-0.39, 0.29) is 15.8 Å². The SMILES string of the molecule is COc1ccc(NC(C)=O)cc1NC(=O)c1ccc([N+](=O)[O-])s1. The molecule has 2 N–H and O–H groups in total. The summed E-state index contributed by atoms with van der Waals surface area (Å²) in [6.07, 6.45) is 0. The fourth-order valence-electron chi connectivity index (χ4n) is 1.82. The van der Waals surface area contributed by atoms with Crippen molar-refractivity contribution in [3.63, 3.8) is 0 Å². The normalized spacial score (nSPS) is 10.0. The van der Waals surface area contributed by atoms with E-state index in [1.165, 1.54) is 26.2 Å². The van der Waals surface area contributed by atoms with Gasteiger partial charge < -0.3 is 15.4 Å². The van der Waals surface area contributed by atoms with Crippen molar-refractivity contribution < 1.29 is 19.2 Å². The number of rotatable bonds is 5. The van der Waals surface area contributed by atoms with Crippen LogP contribution in [0, 0.1) is 10.1 Å². The van der Waals surface area contributed by atoms with Crippen molar-refractivity contribution in [3.05, 3.63) is 45.3 Å². The molecule has 0 saturated carbocycles. The molecule has 0 spiro atoms. The minimum Gasteiger partial charge on any atom is -0.495 e. The fraction of sp³-hybridized carbons (Fsp3) is 0.143. The van der Waals surface area contributed by atoms with Crippen molar-refractivity contribution in [2.24, 2.45) is 0 Å². The van der Waals surface area contributed by atoms with Crippen LogP contribution in [0.2, 0.25) is 0 Å². The number of nitrogens with zero attached hydrogens (tertiary/aromatic N) is 1. The topological polar surface area (TPSA) is 111 Å². The van der Waals surface area contributed by atoms with Crippen molar-refractivity contribution in [3.8, 4) is 5.75 Å². The Morgan fingerprint density at radius 3 is 2.52 bits per heavy atom. The molecule has 0 saturated heterocycles. The van der Waals surface area contributed by atoms with Crippen LogP contribution in [-0.2, 0) is 4.79 Å². The maximum Gasteiger partial charge on any atom is 0.324 e. The lowest BCUT2D eigenvalue weighted by Crippen LogP contribution is -2.12. The zero-order chi connectivity index (χ0) is 17.0. The minimum absolute atomic E-state index is 0.117. The van der Waals surface area contributed by atoms with Crippen molar-refractivity contribution in [2.75, 3.05) is 17.7 Å². The molecule has 0 aliphatic carbocycles. The number of nitrogens with one attached hydrogen (secondary N) is 2. The number of methoxy groups -OCH3 is 1. The van der Waals surface area contributed by atoms with Gasteiger partial charge in [0.15, 0.2) is 0 Å². The Morgan fingerprint density at radius 2 is 1.96 bits per heavy atom. The first kappa shape index (κ1) is 16.4. The number of hydrogen-bond acceptors (Lipinski definition) is 6. The number of ether oxygens (including phenoxy) is 1. The van der Waals surface area contributed by atoms with Gasteiger partial charge in [-0.1, -0.05) is 11.3 Å². The molecule has 9 heteroatoms. The predicted molar refractivity (Wildman–Crippen MR) is 86.2 cm³/mol. The molecule has 0 aliphatic heterocycles. The Balaban J connectivity index is 2.24. The van der Waals surface area contributed by atoms with Crippen LogP contribution in [0.1, 0.15) is 16.6 Å². The lowest BCUT2D eigenvalue weighted by molar-refractivity contribution is -0.380. The zero-order valence-corrected chi connectivity index (χ0v) is 13.1. The molecule has 0 radical (unpaired) electrons. The van der Waals surface area contributed by atoms with E-state index in [1.54, 1.807) is 18.2 Å². The number of nitro groups is 1. The molecule has 120 valence electrons. The Labute approximate surface area is 135 Å². The van der Waals surface area contributed by atoms with Gasteiger partial charge in [0.2, 0.25) is 5.91 Å². The highest BCUT2D eigenvalue weighted by Gasteiger charge is 2.17. The molecular formula is C14H13N3O5S. The average Bonchev–Trinajstić information content (AvgIpc) is 2.97. The van der Waals surface area contributed by atoms with Crippen molar-refractivity contribution in [1.29, 1.82) is 0 Å². The summed E-state index contributed by atoms with van der Waals surface area (Å²) in [6.45, 7) is 1.37. The molecule has 2 rings (SSSR count). The van der Waals surface area contributed by atoms with Gasteiger partial charge in [-0.15, -0.1) is 0 Å². The van der Waals surface area contributed by atoms with Crippen molar-refractivity contribution in [1.82, 2.24) is 0 Å². The maximum absolute atomic E-state index is 12.2. The van der Waals surface area contributed by atoms with Crippen molar-refractivity contribution in [2.45, 2.75) is 6.92 Å². The lowest BCUT2D eigenvalue weighted by atomic mass is 10.2. The monoisotopic (exact) mass is 335 g/mol. The van der Waals surface area contributed by atoms with Crippen LogP contribution < -0.4 is 15.4 Å². The molecule has 1 aromatic heterocycles. The summed E-state index contributed by atoms with van der Waals surface area (Å²) < 4.78 is 5.15. The van der Waals surface area contributed by atoms with Gasteiger partial charge in [-0.2, -0.15) is 0 Å². The van der Waals surface area contributed by atoms with Gasteiger partial charge in [0.25, 0.3) is 5.91 Å². The van der Waals surface area contributed by atoms with E-state index in [0.29, 0.717) is 17.1 Å². The summed E-state index contributed by atoms with van der Waals surface area (Å²) in [4.78, 5) is 33.6. The first-order valence-electron chi connectivity index (χ1n) is 6.42. The standard InChI is InChI=1S/C14H13N3O5S/c1-8(18)15-9-3-4-11(22-2)10(7-9)16-14(19)12-5-6-13(23-12)17(20)21/h3-7H,1-2H3,(H,15,18)(H,16,19). The second kappa shape index (κ2) is 6.88. The number of thiophene rings is 1. The van der Waals surface area contributed by atoms with E-state index in [1.807, 2.05) is 0 Å². The number of benzene rings is 1. The zero-order valence-electron chi connectivity index (χ0n) is 12.3. The van der Waals surface area contributed by atoms with E-state index in [4.69, 9.17) is 4.74 Å². The maximum atomic E-state index is 12.2. The van der Waals surface area contributed by atoms with E-state index in [0.717, 1.165) is 11.3 Å². The first-order valence-corrected chi connectivity index (χ1v) is 7.23. The van der Waals surface area contributed by atoms with Crippen LogP contribution in [0.3, 0.4) is 0 Å². The Bertz CT molecular complexity index is 772. The van der Waals surface area contributed by atoms with Gasteiger partial charge in [0.05, 0.1) is 22.6 Å². The smallest absolute Gasteiger partial charge is 0.324 e. The number of carbonyl (C=O) groups excluding carboxylic acids is 2. The van der Waals surface area contributed by atoms with Crippen LogP contribution >= 0.6 is 11.3 Å². The Morgan fingerprint density at radius 1 is 1.22 bits per heavy atom. The number of carbonyl (C=O) groups is 2. The summed E-state index contributed by atoms with van der Waals surface area (Å²) in [5.41, 5.74) is 0.838. The van der Waals surface area contributed by atoms with Gasteiger partial charge in [-0.25, -0.2) is 0 Å². The molecule has 1 aromatic carbocycles. The third kappa shape index (κ3) is 4.04. The van der Waals surface area contributed by atoms with Gasteiger partial charge in [0, 0.05) is 18.7 Å². The quantitative estimate of drug-likeness (QED) is 0.645. The van der Waals surface area contributed by atoms with E-state index in [9.17, 15) is 19.7 Å². The molecule has 0 aliphatic rings. The molecule has 8 nitrogen and oxygen atoms in total. The molecular weight excluding hydrogens is 322 g/mol. The fourth-order valence-corrected chi connectivity index (χ4v) is 2.53. The average molecular weight is 335 g/mol. The highest BCUT2D eigenvalue weighted by Crippen LogP contribution is 2.30. The molecule has 0 atom stereocenters. The first-order chi connectivity index (χ1) is 10.9. The Kier molecular flexibility index (Phi) is 4.91. The Hall–Kier alpha value is -2.94. The predicted octanol–water partition coefficient (Wildman–Crippen LogP) is 2.88. The van der Waals surface area contributed by atoms with Gasteiger partial charge in [-0.3, -0.25) is 19.7 Å². The summed E-state index contributed by atoms with van der Waals surface area (Å²) in [5.74, 6) is -0.346. The molecule has 1 heterocycles. The molecule has 0 bridgehead atoms. The molecule has 23 heavy (non-hydrogen) atoms. The summed E-state index contributed by atoms with van der Waals surface area (Å²) in [5, 5.41) is 15.8. The summed E-state index contributed by atoms with van der Waals surface area (Å²) >= 11 is 0.775.